The third-order valence-corrected chi connectivity index (χ3v) is 13.7. The number of nitrogens with zero attached hydrogens (tertiary/aromatic N) is 4. The van der Waals surface area contributed by atoms with Gasteiger partial charge in [0.2, 0.25) is 0 Å². The van der Waals surface area contributed by atoms with E-state index < -0.39 is 16.1 Å². The minimum atomic E-state index is -3.88. The number of carbonyl (C=O) groups excluding carboxylic acids is 1. The standard InChI is InChI=1S/C34H38Cl2N6O4S2/c1-19-24(33(43)40-48(44,45)41-14-3-2-4-15-41)12-13-28-32(19)47-34(38-28)42-22-10-11-23(42)17-21(16-22)37-18-25-30(39-46-31(25)20-8-9-20)29-26(35)6-5-7-27(29)36/h5-7,12-13,20-23,37H,2-4,8-11,14-18H2,1H3,(H,40,43). The molecule has 48 heavy (non-hydrogen) atoms. The van der Waals surface area contributed by atoms with Crippen molar-refractivity contribution in [2.24, 2.45) is 0 Å². The number of hydrogen-bond acceptors (Lipinski definition) is 9. The van der Waals surface area contributed by atoms with E-state index in [1.807, 2.05) is 31.2 Å². The first kappa shape index (κ1) is 32.5. The molecule has 5 heterocycles. The minimum absolute atomic E-state index is 0.323. The average Bonchev–Trinajstić information content (AvgIpc) is 3.58. The lowest BCUT2D eigenvalue weighted by Crippen LogP contribution is -2.49. The van der Waals surface area contributed by atoms with Crippen LogP contribution < -0.4 is 14.9 Å². The van der Waals surface area contributed by atoms with Crippen LogP contribution in [0.3, 0.4) is 0 Å². The molecule has 2 aromatic heterocycles. The average molecular weight is 730 g/mol. The van der Waals surface area contributed by atoms with E-state index in [0.717, 1.165) is 101 Å². The smallest absolute Gasteiger partial charge is 0.304 e. The number of benzene rings is 2. The van der Waals surface area contributed by atoms with E-state index in [9.17, 15) is 13.2 Å². The van der Waals surface area contributed by atoms with Crippen LogP contribution in [0, 0.1) is 6.92 Å². The van der Waals surface area contributed by atoms with Crippen molar-refractivity contribution in [2.45, 2.75) is 95.3 Å². The molecule has 4 fully saturated rings. The fourth-order valence-electron chi connectivity index (χ4n) is 7.79. The summed E-state index contributed by atoms with van der Waals surface area (Å²) >= 11 is 14.8. The van der Waals surface area contributed by atoms with Gasteiger partial charge >= 0.3 is 10.2 Å². The minimum Gasteiger partial charge on any atom is -0.360 e. The molecule has 8 rings (SSSR count). The summed E-state index contributed by atoms with van der Waals surface area (Å²) in [6.07, 6.45) is 8.99. The molecule has 2 unspecified atom stereocenters. The van der Waals surface area contributed by atoms with Gasteiger partial charge in [0.05, 0.1) is 20.3 Å². The number of hydrogen-bond donors (Lipinski definition) is 2. The largest absolute Gasteiger partial charge is 0.360 e. The van der Waals surface area contributed by atoms with Crippen molar-refractivity contribution in [1.82, 2.24) is 24.5 Å². The Kier molecular flexibility index (Phi) is 8.70. The van der Waals surface area contributed by atoms with Crippen LogP contribution in [-0.2, 0) is 16.8 Å². The first-order valence-electron chi connectivity index (χ1n) is 16.8. The van der Waals surface area contributed by atoms with Crippen molar-refractivity contribution in [3.8, 4) is 11.3 Å². The fraction of sp³-hybridized carbons (Fsp3) is 0.500. The highest BCUT2D eigenvalue weighted by Crippen LogP contribution is 2.47. The topological polar surface area (TPSA) is 121 Å². The summed E-state index contributed by atoms with van der Waals surface area (Å²) in [4.78, 5) is 20.7. The number of rotatable bonds is 9. The van der Waals surface area contributed by atoms with Crippen molar-refractivity contribution in [3.05, 3.63) is 62.8 Å². The van der Waals surface area contributed by atoms with Crippen molar-refractivity contribution in [3.63, 3.8) is 0 Å². The second-order valence-corrected chi connectivity index (χ2v) is 17.0. The van der Waals surface area contributed by atoms with Gasteiger partial charge in [0.25, 0.3) is 5.91 Å². The van der Waals surface area contributed by atoms with Gasteiger partial charge in [-0.05, 0) is 88.1 Å². The monoisotopic (exact) mass is 728 g/mol. The Morgan fingerprint density at radius 1 is 1.02 bits per heavy atom. The number of halogens is 2. The second-order valence-electron chi connectivity index (χ2n) is 13.6. The van der Waals surface area contributed by atoms with Crippen LogP contribution in [0.5, 0.6) is 0 Å². The Morgan fingerprint density at radius 2 is 1.73 bits per heavy atom. The molecule has 1 saturated carbocycles. The van der Waals surface area contributed by atoms with Crippen LogP contribution in [0.1, 0.15) is 91.0 Å². The predicted molar refractivity (Wildman–Crippen MR) is 189 cm³/mol. The normalized spacial score (nSPS) is 23.2. The summed E-state index contributed by atoms with van der Waals surface area (Å²) in [6.45, 7) is 3.39. The van der Waals surface area contributed by atoms with Gasteiger partial charge in [-0.2, -0.15) is 12.7 Å². The number of carbonyl (C=O) groups is 1. The molecule has 3 saturated heterocycles. The molecule has 14 heteroatoms. The Labute approximate surface area is 294 Å². The summed E-state index contributed by atoms with van der Waals surface area (Å²) in [7, 11) is -3.88. The molecule has 3 aliphatic heterocycles. The highest BCUT2D eigenvalue weighted by molar-refractivity contribution is 7.87. The zero-order valence-corrected chi connectivity index (χ0v) is 29.8. The molecular weight excluding hydrogens is 691 g/mol. The molecule has 2 atom stereocenters. The van der Waals surface area contributed by atoms with E-state index in [2.05, 4.69) is 20.1 Å². The van der Waals surface area contributed by atoms with Crippen LogP contribution >= 0.6 is 34.5 Å². The summed E-state index contributed by atoms with van der Waals surface area (Å²) in [6, 6.07) is 10.0. The highest BCUT2D eigenvalue weighted by atomic mass is 35.5. The number of thiazole rings is 1. The molecular formula is C34H38Cl2N6O4S2. The molecule has 1 aliphatic carbocycles. The summed E-state index contributed by atoms with van der Waals surface area (Å²) in [5.74, 6) is 0.742. The molecule has 4 aliphatic rings. The molecule has 2 aromatic carbocycles. The zero-order chi connectivity index (χ0) is 33.2. The number of nitrogens with one attached hydrogen (secondary N) is 2. The first-order chi connectivity index (χ1) is 23.2. The van der Waals surface area contributed by atoms with Gasteiger partial charge in [0.1, 0.15) is 11.5 Å². The number of fused-ring (bicyclic) bond motifs is 3. The third-order valence-electron chi connectivity index (χ3n) is 10.4. The van der Waals surface area contributed by atoms with E-state index in [4.69, 9.17) is 32.7 Å². The van der Waals surface area contributed by atoms with Gasteiger partial charge in [-0.15, -0.1) is 0 Å². The number of piperidine rings is 2. The Balaban J connectivity index is 0.976. The maximum Gasteiger partial charge on any atom is 0.304 e. The van der Waals surface area contributed by atoms with Gasteiger partial charge in [-0.1, -0.05) is 52.2 Å². The van der Waals surface area contributed by atoms with Crippen molar-refractivity contribution >= 4 is 66.0 Å². The lowest BCUT2D eigenvalue weighted by Gasteiger charge is -2.39. The van der Waals surface area contributed by atoms with Crippen LogP contribution in [-0.4, -0.2) is 60.0 Å². The van der Waals surface area contributed by atoms with Gasteiger partial charge in [0, 0.05) is 60.4 Å². The number of amides is 1. The molecule has 2 N–H and O–H groups in total. The van der Waals surface area contributed by atoms with Crippen LogP contribution in [0.4, 0.5) is 5.13 Å². The maximum absolute atomic E-state index is 13.2. The highest BCUT2D eigenvalue weighted by Gasteiger charge is 2.42. The molecule has 2 bridgehead atoms. The Morgan fingerprint density at radius 3 is 2.42 bits per heavy atom. The molecule has 1 amide bonds. The van der Waals surface area contributed by atoms with E-state index in [1.54, 1.807) is 17.4 Å². The molecule has 0 radical (unpaired) electrons. The quantitative estimate of drug-likeness (QED) is 0.186. The molecule has 254 valence electrons. The Bertz CT molecular complexity index is 1950. The van der Waals surface area contributed by atoms with E-state index in [-0.39, 0.29) is 0 Å². The number of anilines is 1. The van der Waals surface area contributed by atoms with Gasteiger partial charge in [-0.3, -0.25) is 4.79 Å². The van der Waals surface area contributed by atoms with Crippen molar-refractivity contribution in [2.75, 3.05) is 18.0 Å². The Hall–Kier alpha value is -2.74. The number of aryl methyl sites for hydroxylation is 1. The lowest BCUT2D eigenvalue weighted by molar-refractivity contribution is 0.0978. The summed E-state index contributed by atoms with van der Waals surface area (Å²) in [5.41, 5.74) is 4.43. The van der Waals surface area contributed by atoms with Crippen LogP contribution in [0.15, 0.2) is 34.9 Å². The lowest BCUT2D eigenvalue weighted by atomic mass is 9.97. The third kappa shape index (κ3) is 6.02. The molecule has 10 nitrogen and oxygen atoms in total. The van der Waals surface area contributed by atoms with Crippen molar-refractivity contribution in [1.29, 1.82) is 0 Å². The summed E-state index contributed by atoms with van der Waals surface area (Å²) in [5, 5.41) is 10.4. The van der Waals surface area contributed by atoms with E-state index in [1.165, 1.54) is 4.31 Å². The molecule has 0 spiro atoms. The SMILES string of the molecule is Cc1c(C(=O)NS(=O)(=O)N2CCCCC2)ccc2nc(N3C4CCC3CC(NCc3c(-c5c(Cl)cccc5Cl)noc3C3CC3)C4)sc12. The van der Waals surface area contributed by atoms with E-state index >= 15 is 0 Å². The second kappa shape index (κ2) is 12.9. The maximum atomic E-state index is 13.2. The predicted octanol–water partition coefficient (Wildman–Crippen LogP) is 7.19. The van der Waals surface area contributed by atoms with Gasteiger partial charge in [0.15, 0.2) is 5.13 Å². The van der Waals surface area contributed by atoms with Crippen LogP contribution in [0.2, 0.25) is 10.0 Å². The zero-order valence-electron chi connectivity index (χ0n) is 26.7. The van der Waals surface area contributed by atoms with Crippen LogP contribution in [0.25, 0.3) is 21.5 Å². The summed E-state index contributed by atoms with van der Waals surface area (Å²) < 4.78 is 36.2. The first-order valence-corrected chi connectivity index (χ1v) is 19.9. The van der Waals surface area contributed by atoms with Crippen molar-refractivity contribution < 1.29 is 17.7 Å². The number of aromatic nitrogens is 2. The van der Waals surface area contributed by atoms with Gasteiger partial charge < -0.3 is 14.7 Å². The van der Waals surface area contributed by atoms with Gasteiger partial charge in [-0.25, -0.2) is 9.71 Å². The van der Waals surface area contributed by atoms with E-state index in [0.29, 0.717) is 59.3 Å². The molecule has 4 aromatic rings. The fourth-order valence-corrected chi connectivity index (χ4v) is 10.8.